The number of benzene rings is 2. The molecule has 0 saturated carbocycles. The fourth-order valence-electron chi connectivity index (χ4n) is 4.21. The quantitative estimate of drug-likeness (QED) is 0.381. The smallest absolute Gasteiger partial charge is 0.247 e. The van der Waals surface area contributed by atoms with Crippen LogP contribution < -0.4 is 4.90 Å². The SMILES string of the molecule is Cc1ccc(S(=O)(=O)N2CCCC2C(=O)N(Cc2ccccn2)c2nc3c(F)cccc3s2)cc1. The number of nitrogens with zero attached hydrogens (tertiary/aromatic N) is 4. The fourth-order valence-corrected chi connectivity index (χ4v) is 6.85. The second-order valence-corrected chi connectivity index (χ2v) is 11.3. The minimum atomic E-state index is -3.88. The minimum Gasteiger partial charge on any atom is -0.281 e. The molecule has 1 fully saturated rings. The van der Waals surface area contributed by atoms with Gasteiger partial charge >= 0.3 is 0 Å². The Kier molecular flexibility index (Phi) is 6.35. The molecule has 7 nitrogen and oxygen atoms in total. The summed E-state index contributed by atoms with van der Waals surface area (Å²) in [4.78, 5) is 24.2. The normalized spacial score (nSPS) is 16.6. The lowest BCUT2D eigenvalue weighted by Gasteiger charge is -2.28. The number of carbonyl (C=O) groups excluding carboxylic acids is 1. The molecule has 1 amide bonds. The average molecular weight is 511 g/mol. The van der Waals surface area contributed by atoms with Crippen molar-refractivity contribution in [1.29, 1.82) is 0 Å². The number of anilines is 1. The molecule has 180 valence electrons. The predicted molar refractivity (Wildman–Crippen MR) is 133 cm³/mol. The highest BCUT2D eigenvalue weighted by molar-refractivity contribution is 7.89. The van der Waals surface area contributed by atoms with Gasteiger partial charge in [0.2, 0.25) is 15.9 Å². The third kappa shape index (κ3) is 4.56. The molecule has 2 aromatic heterocycles. The van der Waals surface area contributed by atoms with E-state index in [0.717, 1.165) is 5.56 Å². The monoisotopic (exact) mass is 510 g/mol. The molecule has 1 atom stereocenters. The number of hydrogen-bond acceptors (Lipinski definition) is 6. The lowest BCUT2D eigenvalue weighted by Crippen LogP contribution is -2.47. The number of aromatic nitrogens is 2. The Hall–Kier alpha value is -3.21. The summed E-state index contributed by atoms with van der Waals surface area (Å²) in [5.74, 6) is -0.872. The van der Waals surface area contributed by atoms with Crippen molar-refractivity contribution in [3.05, 3.63) is 83.9 Å². The number of para-hydroxylation sites is 1. The van der Waals surface area contributed by atoms with Crippen LogP contribution in [-0.2, 0) is 21.4 Å². The van der Waals surface area contributed by atoms with E-state index in [1.165, 1.54) is 26.6 Å². The Morgan fingerprint density at radius 3 is 2.66 bits per heavy atom. The number of halogens is 1. The van der Waals surface area contributed by atoms with E-state index < -0.39 is 27.8 Å². The van der Waals surface area contributed by atoms with Gasteiger partial charge < -0.3 is 0 Å². The van der Waals surface area contributed by atoms with Gasteiger partial charge in [-0.05, 0) is 56.2 Å². The summed E-state index contributed by atoms with van der Waals surface area (Å²) >= 11 is 1.19. The zero-order valence-corrected chi connectivity index (χ0v) is 20.6. The maximum absolute atomic E-state index is 14.4. The number of pyridine rings is 1. The first-order valence-electron chi connectivity index (χ1n) is 11.2. The van der Waals surface area contributed by atoms with Gasteiger partial charge in [-0.25, -0.2) is 17.8 Å². The van der Waals surface area contributed by atoms with E-state index in [4.69, 9.17) is 0 Å². The largest absolute Gasteiger partial charge is 0.281 e. The third-order valence-electron chi connectivity index (χ3n) is 6.02. The Labute approximate surface area is 206 Å². The highest BCUT2D eigenvalue weighted by Gasteiger charge is 2.42. The van der Waals surface area contributed by atoms with Gasteiger partial charge in [0.15, 0.2) is 5.13 Å². The first-order chi connectivity index (χ1) is 16.8. The van der Waals surface area contributed by atoms with Gasteiger partial charge in [0.25, 0.3) is 0 Å². The molecule has 0 bridgehead atoms. The molecule has 1 saturated heterocycles. The maximum atomic E-state index is 14.4. The molecule has 35 heavy (non-hydrogen) atoms. The fraction of sp³-hybridized carbons (Fsp3) is 0.240. The summed E-state index contributed by atoms with van der Waals surface area (Å²) in [5, 5.41) is 0.306. The summed E-state index contributed by atoms with van der Waals surface area (Å²) in [5.41, 5.74) is 1.75. The van der Waals surface area contributed by atoms with Crippen LogP contribution in [0.4, 0.5) is 9.52 Å². The van der Waals surface area contributed by atoms with Gasteiger partial charge in [-0.1, -0.05) is 41.2 Å². The van der Waals surface area contributed by atoms with Gasteiger partial charge in [-0.2, -0.15) is 4.31 Å². The second kappa shape index (κ2) is 9.44. The van der Waals surface area contributed by atoms with Crippen molar-refractivity contribution >= 4 is 42.6 Å². The van der Waals surface area contributed by atoms with Gasteiger partial charge in [-0.15, -0.1) is 0 Å². The number of thiazole rings is 1. The van der Waals surface area contributed by atoms with Crippen LogP contribution in [0.5, 0.6) is 0 Å². The number of sulfonamides is 1. The van der Waals surface area contributed by atoms with Crippen LogP contribution in [-0.4, -0.2) is 41.2 Å². The molecular weight excluding hydrogens is 487 g/mol. The summed E-state index contributed by atoms with van der Waals surface area (Å²) in [6.07, 6.45) is 2.58. The van der Waals surface area contributed by atoms with Gasteiger partial charge in [-0.3, -0.25) is 14.7 Å². The van der Waals surface area contributed by atoms with Crippen molar-refractivity contribution in [3.8, 4) is 0 Å². The molecule has 1 aliphatic rings. The number of rotatable bonds is 6. The van der Waals surface area contributed by atoms with Crippen molar-refractivity contribution in [1.82, 2.24) is 14.3 Å². The van der Waals surface area contributed by atoms with Gasteiger partial charge in [0, 0.05) is 12.7 Å². The number of hydrogen-bond donors (Lipinski definition) is 0. The predicted octanol–water partition coefficient (Wildman–Crippen LogP) is 4.53. The Morgan fingerprint density at radius 1 is 1.14 bits per heavy atom. The zero-order chi connectivity index (χ0) is 24.6. The van der Waals surface area contributed by atoms with Crippen LogP contribution in [0.2, 0.25) is 0 Å². The van der Waals surface area contributed by atoms with Gasteiger partial charge in [0.1, 0.15) is 17.4 Å². The molecule has 3 heterocycles. The van der Waals surface area contributed by atoms with Gasteiger partial charge in [0.05, 0.1) is 21.8 Å². The molecule has 2 aromatic carbocycles. The summed E-state index contributed by atoms with van der Waals surface area (Å²) in [7, 11) is -3.88. The van der Waals surface area contributed by atoms with Crippen LogP contribution >= 0.6 is 11.3 Å². The Morgan fingerprint density at radius 2 is 1.94 bits per heavy atom. The van der Waals surface area contributed by atoms with E-state index in [1.807, 2.05) is 13.0 Å². The molecule has 1 aliphatic heterocycles. The van der Waals surface area contributed by atoms with E-state index in [1.54, 1.807) is 54.7 Å². The average Bonchev–Trinajstić information content (AvgIpc) is 3.52. The van der Waals surface area contributed by atoms with E-state index in [2.05, 4.69) is 9.97 Å². The summed E-state index contributed by atoms with van der Waals surface area (Å²) < 4.78 is 43.1. The Bertz CT molecular complexity index is 1470. The van der Waals surface area contributed by atoms with Crippen molar-refractivity contribution < 1.29 is 17.6 Å². The number of amides is 1. The van der Waals surface area contributed by atoms with E-state index in [0.29, 0.717) is 28.4 Å². The molecule has 1 unspecified atom stereocenters. The van der Waals surface area contributed by atoms with Crippen LogP contribution in [0.15, 0.2) is 71.8 Å². The highest BCUT2D eigenvalue weighted by atomic mass is 32.2. The van der Waals surface area contributed by atoms with Crippen LogP contribution in [0.25, 0.3) is 10.2 Å². The maximum Gasteiger partial charge on any atom is 0.247 e. The van der Waals surface area contributed by atoms with Crippen molar-refractivity contribution in [3.63, 3.8) is 0 Å². The van der Waals surface area contributed by atoms with Crippen molar-refractivity contribution in [2.75, 3.05) is 11.4 Å². The third-order valence-corrected chi connectivity index (χ3v) is 8.98. The molecule has 4 aromatic rings. The molecule has 0 aliphatic carbocycles. The van der Waals surface area contributed by atoms with Crippen LogP contribution in [0, 0.1) is 12.7 Å². The number of aryl methyl sites for hydroxylation is 1. The summed E-state index contributed by atoms with van der Waals surface area (Å²) in [6.45, 7) is 2.23. The lowest BCUT2D eigenvalue weighted by atomic mass is 10.2. The molecule has 0 spiro atoms. The first kappa shape index (κ1) is 23.5. The molecule has 10 heteroatoms. The topological polar surface area (TPSA) is 83.5 Å². The molecule has 0 N–H and O–H groups in total. The van der Waals surface area contributed by atoms with Crippen LogP contribution in [0.3, 0.4) is 0 Å². The van der Waals surface area contributed by atoms with Crippen LogP contribution in [0.1, 0.15) is 24.1 Å². The van der Waals surface area contributed by atoms with Crippen molar-refractivity contribution in [2.45, 2.75) is 37.2 Å². The standard InChI is InChI=1S/C25H23FN4O3S2/c1-17-10-12-19(13-11-17)35(32,33)30-15-5-8-21(30)24(31)29(16-18-6-2-3-14-27-18)25-28-23-20(26)7-4-9-22(23)34-25/h2-4,6-7,9-14,21H,5,8,15-16H2,1H3. The number of fused-ring (bicyclic) bond motifs is 1. The second-order valence-electron chi connectivity index (χ2n) is 8.42. The Balaban J connectivity index is 1.53. The molecular formula is C25H23FN4O3S2. The van der Waals surface area contributed by atoms with E-state index in [9.17, 15) is 17.6 Å². The highest BCUT2D eigenvalue weighted by Crippen LogP contribution is 2.34. The molecule has 5 rings (SSSR count). The van der Waals surface area contributed by atoms with E-state index in [-0.39, 0.29) is 23.5 Å². The lowest BCUT2D eigenvalue weighted by molar-refractivity contribution is -0.121. The van der Waals surface area contributed by atoms with E-state index >= 15 is 0 Å². The zero-order valence-electron chi connectivity index (χ0n) is 19.0. The van der Waals surface area contributed by atoms with Crippen molar-refractivity contribution in [2.24, 2.45) is 0 Å². The first-order valence-corrected chi connectivity index (χ1v) is 13.4. The minimum absolute atomic E-state index is 0.0933. The summed E-state index contributed by atoms with van der Waals surface area (Å²) in [6, 6.07) is 15.7. The molecule has 0 radical (unpaired) electrons. The number of carbonyl (C=O) groups is 1.